The molecule has 0 aliphatic carbocycles. The fraction of sp³-hybridized carbons (Fsp3) is 0.438. The Morgan fingerprint density at radius 1 is 1.36 bits per heavy atom. The zero-order chi connectivity index (χ0) is 15.7. The van der Waals surface area contributed by atoms with Crippen molar-refractivity contribution in [1.29, 1.82) is 5.26 Å². The van der Waals surface area contributed by atoms with E-state index in [1.165, 1.54) is 6.07 Å². The summed E-state index contributed by atoms with van der Waals surface area (Å²) in [6.45, 7) is 2.09. The van der Waals surface area contributed by atoms with Crippen LogP contribution in [-0.4, -0.2) is 12.3 Å². The summed E-state index contributed by atoms with van der Waals surface area (Å²) in [6.07, 6.45) is 1.52. The van der Waals surface area contributed by atoms with Gasteiger partial charge in [0.05, 0.1) is 5.57 Å². The van der Waals surface area contributed by atoms with Crippen LogP contribution < -0.4 is 16.6 Å². The average Bonchev–Trinajstić information content (AvgIpc) is 2.89. The van der Waals surface area contributed by atoms with Gasteiger partial charge in [-0.2, -0.15) is 5.26 Å². The number of rotatable bonds is 3. The second kappa shape index (κ2) is 5.95. The summed E-state index contributed by atoms with van der Waals surface area (Å²) < 4.78 is 19.9. The first-order valence-electron chi connectivity index (χ1n) is 7.49. The second-order valence-electron chi connectivity index (χ2n) is 5.69. The number of nitrogens with two attached hydrogens (primary N) is 1. The molecule has 5 nitrogen and oxygen atoms in total. The minimum Gasteiger partial charge on any atom is -0.458 e. The highest BCUT2D eigenvalue weighted by atomic mass is 19.1. The van der Waals surface area contributed by atoms with Gasteiger partial charge in [-0.3, -0.25) is 5.43 Å². The Hall–Kier alpha value is -2.10. The van der Waals surface area contributed by atoms with Gasteiger partial charge in [-0.25, -0.2) is 9.82 Å². The minimum absolute atomic E-state index is 0.0726. The van der Waals surface area contributed by atoms with E-state index in [0.717, 1.165) is 12.8 Å². The van der Waals surface area contributed by atoms with Gasteiger partial charge in [0.2, 0.25) is 5.88 Å². The van der Waals surface area contributed by atoms with E-state index < -0.39 is 5.92 Å². The van der Waals surface area contributed by atoms with Crippen LogP contribution in [-0.2, 0) is 4.74 Å². The molecule has 1 aromatic carbocycles. The smallest absolute Gasteiger partial charge is 0.200 e. The van der Waals surface area contributed by atoms with Gasteiger partial charge in [-0.1, -0.05) is 31.5 Å². The molecule has 1 aromatic rings. The molecule has 0 radical (unpaired) electrons. The maximum absolute atomic E-state index is 14.3. The molecule has 0 amide bonds. The Bertz CT molecular complexity index is 639. The average molecular weight is 302 g/mol. The second-order valence-corrected chi connectivity index (χ2v) is 5.69. The lowest BCUT2D eigenvalue weighted by molar-refractivity contribution is 0.0332. The molecule has 4 N–H and O–H groups in total. The highest BCUT2D eigenvalue weighted by Crippen LogP contribution is 2.44. The lowest BCUT2D eigenvalue weighted by Crippen LogP contribution is -2.41. The summed E-state index contributed by atoms with van der Waals surface area (Å²) in [7, 11) is 0. The third kappa shape index (κ3) is 2.32. The van der Waals surface area contributed by atoms with Gasteiger partial charge in [0.25, 0.3) is 0 Å². The van der Waals surface area contributed by atoms with E-state index in [0.29, 0.717) is 11.1 Å². The van der Waals surface area contributed by atoms with Gasteiger partial charge in [0.15, 0.2) is 6.23 Å². The van der Waals surface area contributed by atoms with E-state index in [2.05, 4.69) is 23.8 Å². The van der Waals surface area contributed by atoms with Crippen LogP contribution in [0.3, 0.4) is 0 Å². The Balaban J connectivity index is 2.10. The Morgan fingerprint density at radius 3 is 2.82 bits per heavy atom. The van der Waals surface area contributed by atoms with E-state index in [1.807, 2.05) is 0 Å². The molecule has 1 saturated heterocycles. The van der Waals surface area contributed by atoms with Crippen LogP contribution in [0, 0.1) is 23.1 Å². The molecule has 4 atom stereocenters. The van der Waals surface area contributed by atoms with Gasteiger partial charge in [0.1, 0.15) is 11.9 Å². The number of hydrogen-bond donors (Lipinski definition) is 3. The molecule has 0 aromatic heterocycles. The fourth-order valence-corrected chi connectivity index (χ4v) is 3.44. The molecule has 2 aliphatic rings. The monoisotopic (exact) mass is 302 g/mol. The van der Waals surface area contributed by atoms with Gasteiger partial charge in [-0.05, 0) is 18.1 Å². The molecule has 0 bridgehead atoms. The Morgan fingerprint density at radius 2 is 2.14 bits per heavy atom. The number of fused-ring (bicyclic) bond motifs is 1. The molecule has 2 heterocycles. The molecule has 1 fully saturated rings. The number of allylic oxidation sites excluding steroid dienone is 1. The van der Waals surface area contributed by atoms with Crippen LogP contribution in [0.2, 0.25) is 0 Å². The van der Waals surface area contributed by atoms with Crippen molar-refractivity contribution in [3.63, 3.8) is 0 Å². The molecular weight excluding hydrogens is 283 g/mol. The molecule has 0 spiro atoms. The summed E-state index contributed by atoms with van der Waals surface area (Å²) in [5.74, 6) is -0.748. The van der Waals surface area contributed by atoms with Crippen LogP contribution in [0.4, 0.5) is 4.39 Å². The Labute approximate surface area is 128 Å². The standard InChI is InChI=1S/C16H19FN4O/c1-2-5-12-14-13(9-6-3-4-7-11(9)17)10(8-18)15(19)22-16(14)21-20-12/h3-4,6-7,12-14,16,20-21H,2,5,19H2,1H3. The SMILES string of the molecule is CCCC1NNC2OC(N)=C(C#N)C(c3ccccc3F)C12. The van der Waals surface area contributed by atoms with E-state index in [4.69, 9.17) is 10.5 Å². The molecule has 6 heteroatoms. The first-order chi connectivity index (χ1) is 10.7. The number of benzene rings is 1. The summed E-state index contributed by atoms with van der Waals surface area (Å²) in [5, 5.41) is 9.49. The third-order valence-electron chi connectivity index (χ3n) is 4.40. The van der Waals surface area contributed by atoms with Gasteiger partial charge < -0.3 is 10.5 Å². The largest absolute Gasteiger partial charge is 0.458 e. The number of halogens is 1. The zero-order valence-electron chi connectivity index (χ0n) is 12.3. The van der Waals surface area contributed by atoms with Crippen molar-refractivity contribution in [3.05, 3.63) is 47.1 Å². The van der Waals surface area contributed by atoms with Crippen molar-refractivity contribution in [2.24, 2.45) is 11.7 Å². The minimum atomic E-state index is -0.413. The number of nitrogens with one attached hydrogen (secondary N) is 2. The van der Waals surface area contributed by atoms with Crippen LogP contribution in [0.5, 0.6) is 0 Å². The molecule has 0 saturated carbocycles. The van der Waals surface area contributed by atoms with E-state index in [9.17, 15) is 9.65 Å². The zero-order valence-corrected chi connectivity index (χ0v) is 12.3. The van der Waals surface area contributed by atoms with Crippen LogP contribution in [0.1, 0.15) is 31.2 Å². The maximum atomic E-state index is 14.3. The maximum Gasteiger partial charge on any atom is 0.200 e. The molecule has 22 heavy (non-hydrogen) atoms. The number of ether oxygens (including phenoxy) is 1. The van der Waals surface area contributed by atoms with Crippen LogP contribution in [0.15, 0.2) is 35.7 Å². The summed E-state index contributed by atoms with van der Waals surface area (Å²) in [6, 6.07) is 8.75. The highest BCUT2D eigenvalue weighted by Gasteiger charge is 2.48. The summed E-state index contributed by atoms with van der Waals surface area (Å²) in [5.41, 5.74) is 12.9. The highest BCUT2D eigenvalue weighted by molar-refractivity contribution is 5.42. The number of nitrogens with zero attached hydrogens (tertiary/aromatic N) is 1. The van der Waals surface area contributed by atoms with E-state index >= 15 is 0 Å². The van der Waals surface area contributed by atoms with Crippen molar-refractivity contribution < 1.29 is 9.13 Å². The lowest BCUT2D eigenvalue weighted by atomic mass is 9.74. The van der Waals surface area contributed by atoms with Crippen molar-refractivity contribution in [3.8, 4) is 6.07 Å². The summed E-state index contributed by atoms with van der Waals surface area (Å²) in [4.78, 5) is 0. The number of hydrazine groups is 1. The van der Waals surface area contributed by atoms with E-state index in [-0.39, 0.29) is 29.9 Å². The quantitative estimate of drug-likeness (QED) is 0.793. The lowest BCUT2D eigenvalue weighted by Gasteiger charge is -2.35. The van der Waals surface area contributed by atoms with Crippen molar-refractivity contribution in [2.45, 2.75) is 38.0 Å². The summed E-state index contributed by atoms with van der Waals surface area (Å²) >= 11 is 0. The molecule has 116 valence electrons. The van der Waals surface area contributed by atoms with E-state index in [1.54, 1.807) is 18.2 Å². The topological polar surface area (TPSA) is 83.1 Å². The predicted octanol–water partition coefficient (Wildman–Crippen LogP) is 1.85. The van der Waals surface area contributed by atoms with Gasteiger partial charge in [-0.15, -0.1) is 0 Å². The molecule has 4 unspecified atom stereocenters. The van der Waals surface area contributed by atoms with Crippen molar-refractivity contribution >= 4 is 0 Å². The fourth-order valence-electron chi connectivity index (χ4n) is 3.44. The van der Waals surface area contributed by atoms with Crippen LogP contribution >= 0.6 is 0 Å². The first kappa shape index (κ1) is 14.8. The first-order valence-corrected chi connectivity index (χ1v) is 7.49. The van der Waals surface area contributed by atoms with Crippen molar-refractivity contribution in [2.75, 3.05) is 0 Å². The Kier molecular flexibility index (Phi) is 4.01. The third-order valence-corrected chi connectivity index (χ3v) is 4.40. The van der Waals surface area contributed by atoms with Crippen molar-refractivity contribution in [1.82, 2.24) is 10.9 Å². The van der Waals surface area contributed by atoms with Crippen LogP contribution in [0.25, 0.3) is 0 Å². The number of hydrogen-bond acceptors (Lipinski definition) is 5. The number of nitriles is 1. The molecule has 2 aliphatic heterocycles. The molecule has 3 rings (SSSR count). The molecular formula is C16H19FN4O. The predicted molar refractivity (Wildman–Crippen MR) is 79.3 cm³/mol. The van der Waals surface area contributed by atoms with Gasteiger partial charge >= 0.3 is 0 Å². The van der Waals surface area contributed by atoms with Gasteiger partial charge in [0, 0.05) is 17.9 Å². The normalized spacial score (nSPS) is 30.6.